The van der Waals surface area contributed by atoms with Gasteiger partial charge in [0, 0.05) is 48.4 Å². The number of rotatable bonds is 4. The minimum absolute atomic E-state index is 0.0210. The van der Waals surface area contributed by atoms with Gasteiger partial charge in [0.2, 0.25) is 0 Å². The molecule has 0 bridgehead atoms. The highest BCUT2D eigenvalue weighted by Crippen LogP contribution is 2.33. The maximum atomic E-state index is 12.7. The van der Waals surface area contributed by atoms with E-state index in [1.165, 1.54) is 5.69 Å². The average molecular weight is 418 g/mol. The van der Waals surface area contributed by atoms with Gasteiger partial charge in [0.1, 0.15) is 11.3 Å². The van der Waals surface area contributed by atoms with E-state index in [-0.39, 0.29) is 18.1 Å². The van der Waals surface area contributed by atoms with Gasteiger partial charge in [-0.2, -0.15) is 0 Å². The van der Waals surface area contributed by atoms with Crippen molar-refractivity contribution in [3.63, 3.8) is 0 Å². The summed E-state index contributed by atoms with van der Waals surface area (Å²) in [4.78, 5) is 29.2. The molecule has 0 spiro atoms. The molecule has 0 radical (unpaired) electrons. The van der Waals surface area contributed by atoms with Crippen molar-refractivity contribution in [1.29, 1.82) is 0 Å². The van der Waals surface area contributed by atoms with Crippen LogP contribution in [0.3, 0.4) is 0 Å². The highest BCUT2D eigenvalue weighted by molar-refractivity contribution is 5.86. The first-order valence-corrected chi connectivity index (χ1v) is 10.9. The molecular formula is C25H26N2O4. The largest absolute Gasteiger partial charge is 0.483 e. The summed E-state index contributed by atoms with van der Waals surface area (Å²) in [6, 6.07) is 14.1. The Morgan fingerprint density at radius 3 is 2.52 bits per heavy atom. The van der Waals surface area contributed by atoms with Crippen molar-refractivity contribution >= 4 is 22.6 Å². The molecule has 1 aliphatic carbocycles. The van der Waals surface area contributed by atoms with Gasteiger partial charge in [-0.1, -0.05) is 18.2 Å². The molecule has 6 nitrogen and oxygen atoms in total. The Balaban J connectivity index is 1.25. The van der Waals surface area contributed by atoms with E-state index in [0.717, 1.165) is 54.4 Å². The van der Waals surface area contributed by atoms with E-state index in [4.69, 9.17) is 9.15 Å². The maximum absolute atomic E-state index is 12.7. The van der Waals surface area contributed by atoms with Crippen LogP contribution in [0.25, 0.3) is 11.0 Å². The third-order valence-electron chi connectivity index (χ3n) is 6.45. The maximum Gasteiger partial charge on any atom is 0.339 e. The second-order valence-electron chi connectivity index (χ2n) is 8.26. The summed E-state index contributed by atoms with van der Waals surface area (Å²) < 4.78 is 11.5. The summed E-state index contributed by atoms with van der Waals surface area (Å²) in [5.41, 5.74) is 4.20. The zero-order valence-corrected chi connectivity index (χ0v) is 17.7. The number of para-hydroxylation sites is 1. The first-order valence-electron chi connectivity index (χ1n) is 10.9. The Labute approximate surface area is 181 Å². The molecule has 3 aromatic rings. The Morgan fingerprint density at radius 2 is 1.74 bits per heavy atom. The van der Waals surface area contributed by atoms with Gasteiger partial charge < -0.3 is 19.0 Å². The Hall–Kier alpha value is -3.28. The van der Waals surface area contributed by atoms with Gasteiger partial charge in [0.15, 0.2) is 6.61 Å². The van der Waals surface area contributed by atoms with Crippen molar-refractivity contribution in [3.8, 4) is 5.75 Å². The molecule has 0 unspecified atom stereocenters. The number of hydrogen-bond acceptors (Lipinski definition) is 5. The van der Waals surface area contributed by atoms with Crippen LogP contribution in [0.15, 0.2) is 51.7 Å². The lowest BCUT2D eigenvalue weighted by molar-refractivity contribution is -0.133. The minimum Gasteiger partial charge on any atom is -0.483 e. The second-order valence-corrected chi connectivity index (χ2v) is 8.26. The van der Waals surface area contributed by atoms with Gasteiger partial charge >= 0.3 is 5.63 Å². The summed E-state index contributed by atoms with van der Waals surface area (Å²) in [6.07, 6.45) is 2.68. The zero-order chi connectivity index (χ0) is 21.4. The van der Waals surface area contributed by atoms with E-state index in [1.807, 2.05) is 42.2 Å². The van der Waals surface area contributed by atoms with Gasteiger partial charge in [-0.15, -0.1) is 0 Å². The molecule has 1 aromatic heterocycles. The molecule has 0 saturated carbocycles. The Morgan fingerprint density at radius 1 is 1.00 bits per heavy atom. The van der Waals surface area contributed by atoms with Gasteiger partial charge in [-0.3, -0.25) is 4.79 Å². The number of nitrogens with zero attached hydrogens (tertiary/aromatic N) is 2. The first kappa shape index (κ1) is 19.7. The molecule has 1 aliphatic heterocycles. The zero-order valence-electron chi connectivity index (χ0n) is 17.7. The predicted molar refractivity (Wildman–Crippen MR) is 120 cm³/mol. The molecule has 2 aromatic carbocycles. The highest BCUT2D eigenvalue weighted by atomic mass is 16.5. The van der Waals surface area contributed by atoms with Gasteiger partial charge in [0.25, 0.3) is 5.91 Å². The number of benzene rings is 2. The van der Waals surface area contributed by atoms with Crippen LogP contribution in [0.5, 0.6) is 5.75 Å². The third kappa shape index (κ3) is 3.67. The molecule has 5 rings (SSSR count). The number of amides is 1. The van der Waals surface area contributed by atoms with E-state index in [9.17, 15) is 9.59 Å². The van der Waals surface area contributed by atoms with Crippen molar-refractivity contribution in [2.45, 2.75) is 26.2 Å². The van der Waals surface area contributed by atoms with Gasteiger partial charge in [-0.05, 0) is 56.0 Å². The first-order chi connectivity index (χ1) is 15.1. The number of carbonyl (C=O) groups is 1. The summed E-state index contributed by atoms with van der Waals surface area (Å²) >= 11 is 0. The summed E-state index contributed by atoms with van der Waals surface area (Å²) in [7, 11) is 0. The lowest BCUT2D eigenvalue weighted by Gasteiger charge is -2.36. The summed E-state index contributed by atoms with van der Waals surface area (Å²) in [6.45, 7) is 4.82. The van der Waals surface area contributed by atoms with E-state index in [2.05, 4.69) is 17.0 Å². The Kier molecular flexibility index (Phi) is 5.14. The van der Waals surface area contributed by atoms with Crippen molar-refractivity contribution in [2.24, 2.45) is 0 Å². The fourth-order valence-electron chi connectivity index (χ4n) is 4.70. The molecule has 31 heavy (non-hydrogen) atoms. The standard InChI is InChI=1S/C25H26N2O4/c1-17-22(11-10-20-19-8-5-9-21(19)25(29)31-24(17)20)30-16-23(28)27-14-12-26(13-15-27)18-6-3-2-4-7-18/h2-4,6-7,10-11H,5,8-9,12-16H2,1H3. The lowest BCUT2D eigenvalue weighted by atomic mass is 10.0. The summed E-state index contributed by atoms with van der Waals surface area (Å²) in [5.74, 6) is 0.562. The van der Waals surface area contributed by atoms with Gasteiger partial charge in [-0.25, -0.2) is 4.79 Å². The fraction of sp³-hybridized carbons (Fsp3) is 0.360. The van der Waals surface area contributed by atoms with E-state index in [1.54, 1.807) is 0 Å². The van der Waals surface area contributed by atoms with Crippen LogP contribution in [0.2, 0.25) is 0 Å². The summed E-state index contributed by atoms with van der Waals surface area (Å²) in [5, 5.41) is 0.986. The van der Waals surface area contributed by atoms with Crippen molar-refractivity contribution in [1.82, 2.24) is 4.90 Å². The minimum atomic E-state index is -0.243. The molecule has 2 aliphatic rings. The predicted octanol–water partition coefficient (Wildman–Crippen LogP) is 3.32. The SMILES string of the molecule is Cc1c(OCC(=O)N2CCN(c3ccccc3)CC2)ccc2c3c(c(=O)oc12)CCC3. The van der Waals surface area contributed by atoms with Crippen LogP contribution < -0.4 is 15.3 Å². The molecule has 1 amide bonds. The third-order valence-corrected chi connectivity index (χ3v) is 6.45. The second kappa shape index (κ2) is 8.10. The normalized spacial score (nSPS) is 15.9. The number of fused-ring (bicyclic) bond motifs is 3. The molecule has 1 fully saturated rings. The monoisotopic (exact) mass is 418 g/mol. The topological polar surface area (TPSA) is 63.0 Å². The molecular weight excluding hydrogens is 392 g/mol. The number of carbonyl (C=O) groups excluding carboxylic acids is 1. The van der Waals surface area contributed by atoms with Crippen LogP contribution >= 0.6 is 0 Å². The van der Waals surface area contributed by atoms with Crippen molar-refractivity contribution in [2.75, 3.05) is 37.7 Å². The van der Waals surface area contributed by atoms with Crippen molar-refractivity contribution < 1.29 is 13.9 Å². The number of anilines is 1. The van der Waals surface area contributed by atoms with Crippen molar-refractivity contribution in [3.05, 3.63) is 69.6 Å². The number of piperazine rings is 1. The number of hydrogen-bond donors (Lipinski definition) is 0. The highest BCUT2D eigenvalue weighted by Gasteiger charge is 2.23. The van der Waals surface area contributed by atoms with Crippen LogP contribution in [0.4, 0.5) is 5.69 Å². The molecule has 2 heterocycles. The molecule has 1 saturated heterocycles. The van der Waals surface area contributed by atoms with Gasteiger partial charge in [0.05, 0.1) is 0 Å². The lowest BCUT2D eigenvalue weighted by Crippen LogP contribution is -2.50. The number of ether oxygens (including phenoxy) is 1. The molecule has 6 heteroatoms. The smallest absolute Gasteiger partial charge is 0.339 e. The average Bonchev–Trinajstić information content (AvgIpc) is 3.31. The molecule has 160 valence electrons. The van der Waals surface area contributed by atoms with E-state index < -0.39 is 0 Å². The van der Waals surface area contributed by atoms with Crippen LogP contribution in [0, 0.1) is 6.92 Å². The van der Waals surface area contributed by atoms with Crippen LogP contribution in [-0.4, -0.2) is 43.6 Å². The molecule has 0 N–H and O–H groups in total. The van der Waals surface area contributed by atoms with Crippen LogP contribution in [-0.2, 0) is 17.6 Å². The quantitative estimate of drug-likeness (QED) is 0.609. The molecule has 0 atom stereocenters. The van der Waals surface area contributed by atoms with E-state index in [0.29, 0.717) is 24.4 Å². The van der Waals surface area contributed by atoms with E-state index >= 15 is 0 Å². The Bertz CT molecular complexity index is 1180. The fourth-order valence-corrected chi connectivity index (χ4v) is 4.70. The number of aryl methyl sites for hydroxylation is 2. The van der Waals surface area contributed by atoms with Crippen LogP contribution in [0.1, 0.15) is 23.1 Å².